The second-order valence-corrected chi connectivity index (χ2v) is 2.62. The molecule has 0 saturated carbocycles. The van der Waals surface area contributed by atoms with Crippen LogP contribution in [-0.2, 0) is 14.4 Å². The van der Waals surface area contributed by atoms with Crippen molar-refractivity contribution in [1.82, 2.24) is 5.48 Å². The fourth-order valence-corrected chi connectivity index (χ4v) is 0.696. The largest absolute Gasteiger partial charge is 0.368 e. The van der Waals surface area contributed by atoms with Crippen LogP contribution in [0.4, 0.5) is 0 Å². The Morgan fingerprint density at radius 2 is 2.15 bits per heavy atom. The van der Waals surface area contributed by atoms with E-state index in [9.17, 15) is 9.59 Å². The summed E-state index contributed by atoms with van der Waals surface area (Å²) in [6.07, 6.45) is 1.39. The molecule has 0 saturated heterocycles. The van der Waals surface area contributed by atoms with Gasteiger partial charge in [-0.1, -0.05) is 13.3 Å². The highest BCUT2D eigenvalue weighted by Crippen LogP contribution is 1.92. The van der Waals surface area contributed by atoms with Gasteiger partial charge in [0.15, 0.2) is 6.61 Å². The van der Waals surface area contributed by atoms with E-state index in [0.29, 0.717) is 6.42 Å². The van der Waals surface area contributed by atoms with Crippen molar-refractivity contribution in [1.29, 1.82) is 0 Å². The fraction of sp³-hybridized carbons (Fsp3) is 0.714. The molecule has 0 aliphatic heterocycles. The second kappa shape index (κ2) is 6.38. The van der Waals surface area contributed by atoms with Crippen LogP contribution in [0.15, 0.2) is 0 Å². The molecule has 0 aromatic heterocycles. The van der Waals surface area contributed by atoms with Crippen molar-refractivity contribution in [2.24, 2.45) is 11.5 Å². The van der Waals surface area contributed by atoms with Gasteiger partial charge in [-0.25, -0.2) is 5.48 Å². The monoisotopic (exact) mass is 189 g/mol. The Morgan fingerprint density at radius 1 is 1.54 bits per heavy atom. The second-order valence-electron chi connectivity index (χ2n) is 2.62. The lowest BCUT2D eigenvalue weighted by molar-refractivity contribution is -0.139. The van der Waals surface area contributed by atoms with Crippen molar-refractivity contribution in [2.75, 3.05) is 6.61 Å². The molecule has 6 nitrogen and oxygen atoms in total. The molecule has 0 aliphatic carbocycles. The van der Waals surface area contributed by atoms with Crippen LogP contribution in [0.1, 0.15) is 19.8 Å². The van der Waals surface area contributed by atoms with E-state index < -0.39 is 17.9 Å². The number of hydrogen-bond donors (Lipinski definition) is 3. The van der Waals surface area contributed by atoms with Gasteiger partial charge in [-0.2, -0.15) is 0 Å². The predicted molar refractivity (Wildman–Crippen MR) is 46.2 cm³/mol. The summed E-state index contributed by atoms with van der Waals surface area (Å²) in [5, 5.41) is 0. The Bertz CT molecular complexity index is 184. The smallest absolute Gasteiger partial charge is 0.260 e. The topological polar surface area (TPSA) is 107 Å². The summed E-state index contributed by atoms with van der Waals surface area (Å²) in [4.78, 5) is 25.7. The molecule has 5 N–H and O–H groups in total. The number of hydrogen-bond acceptors (Lipinski definition) is 4. The van der Waals surface area contributed by atoms with Crippen molar-refractivity contribution in [2.45, 2.75) is 25.8 Å². The minimum Gasteiger partial charge on any atom is -0.368 e. The average molecular weight is 189 g/mol. The quantitative estimate of drug-likeness (QED) is 0.449. The molecule has 0 unspecified atom stereocenters. The van der Waals surface area contributed by atoms with Crippen LogP contribution in [0.25, 0.3) is 0 Å². The number of nitrogens with one attached hydrogen (secondary N) is 1. The number of nitrogens with two attached hydrogens (primary N) is 2. The zero-order chi connectivity index (χ0) is 10.3. The molecule has 0 aromatic rings. The van der Waals surface area contributed by atoms with Gasteiger partial charge in [0.25, 0.3) is 5.91 Å². The van der Waals surface area contributed by atoms with Gasteiger partial charge in [0.1, 0.15) is 0 Å². The first kappa shape index (κ1) is 11.9. The standard InChI is InChI=1S/C7H15N3O3/c1-2-3-5(8)7(12)10-13-4-6(9)11/h5H,2-4,8H2,1H3,(H2,9,11)(H,10,12)/t5-/m1/s1. The van der Waals surface area contributed by atoms with Crippen LogP contribution < -0.4 is 16.9 Å². The Morgan fingerprint density at radius 3 is 2.62 bits per heavy atom. The van der Waals surface area contributed by atoms with E-state index in [4.69, 9.17) is 11.5 Å². The van der Waals surface area contributed by atoms with Gasteiger partial charge in [-0.05, 0) is 6.42 Å². The summed E-state index contributed by atoms with van der Waals surface area (Å²) in [6.45, 7) is 1.57. The van der Waals surface area contributed by atoms with Gasteiger partial charge >= 0.3 is 0 Å². The maximum atomic E-state index is 11.0. The number of hydroxylamine groups is 1. The van der Waals surface area contributed by atoms with Gasteiger partial charge in [-0.15, -0.1) is 0 Å². The summed E-state index contributed by atoms with van der Waals surface area (Å²) in [7, 11) is 0. The number of amides is 2. The zero-order valence-electron chi connectivity index (χ0n) is 7.58. The first-order valence-electron chi connectivity index (χ1n) is 4.03. The van der Waals surface area contributed by atoms with Crippen LogP contribution in [0, 0.1) is 0 Å². The van der Waals surface area contributed by atoms with E-state index in [1.807, 2.05) is 12.4 Å². The Kier molecular flexibility index (Phi) is 5.82. The van der Waals surface area contributed by atoms with E-state index >= 15 is 0 Å². The Labute approximate surface area is 76.5 Å². The number of primary amides is 1. The molecule has 0 heterocycles. The predicted octanol–water partition coefficient (Wildman–Crippen LogP) is -1.35. The maximum Gasteiger partial charge on any atom is 0.260 e. The van der Waals surface area contributed by atoms with E-state index in [1.165, 1.54) is 0 Å². The summed E-state index contributed by atoms with van der Waals surface area (Å²) in [6, 6.07) is -0.599. The third-order valence-electron chi connectivity index (χ3n) is 1.32. The summed E-state index contributed by atoms with van der Waals surface area (Å²) in [5.74, 6) is -1.09. The van der Waals surface area contributed by atoms with Gasteiger partial charge in [0.05, 0.1) is 6.04 Å². The van der Waals surface area contributed by atoms with E-state index in [2.05, 4.69) is 4.84 Å². The van der Waals surface area contributed by atoms with Gasteiger partial charge < -0.3 is 11.5 Å². The molecule has 0 aromatic carbocycles. The summed E-state index contributed by atoms with van der Waals surface area (Å²) in [5.41, 5.74) is 12.2. The Balaban J connectivity index is 3.55. The van der Waals surface area contributed by atoms with Gasteiger partial charge in [-0.3, -0.25) is 14.4 Å². The van der Waals surface area contributed by atoms with E-state index in [0.717, 1.165) is 6.42 Å². The van der Waals surface area contributed by atoms with Crippen molar-refractivity contribution >= 4 is 11.8 Å². The van der Waals surface area contributed by atoms with E-state index in [-0.39, 0.29) is 6.61 Å². The molecule has 6 heteroatoms. The molecule has 76 valence electrons. The molecule has 0 radical (unpaired) electrons. The maximum absolute atomic E-state index is 11.0. The molecule has 0 spiro atoms. The van der Waals surface area contributed by atoms with Gasteiger partial charge in [0, 0.05) is 0 Å². The molecule has 13 heavy (non-hydrogen) atoms. The average Bonchev–Trinajstić information content (AvgIpc) is 2.04. The zero-order valence-corrected chi connectivity index (χ0v) is 7.58. The molecule has 0 fully saturated rings. The molecule has 0 rings (SSSR count). The van der Waals surface area contributed by atoms with Crippen LogP contribution in [0.5, 0.6) is 0 Å². The molecule has 0 aliphatic rings. The lowest BCUT2D eigenvalue weighted by Crippen LogP contribution is -2.41. The molecular formula is C7H15N3O3. The lowest BCUT2D eigenvalue weighted by atomic mass is 10.2. The number of carbonyl (C=O) groups is 2. The highest BCUT2D eigenvalue weighted by atomic mass is 16.7. The summed E-state index contributed by atoms with van der Waals surface area (Å²) < 4.78 is 0. The van der Waals surface area contributed by atoms with Crippen molar-refractivity contribution < 1.29 is 14.4 Å². The van der Waals surface area contributed by atoms with Crippen LogP contribution >= 0.6 is 0 Å². The Hall–Kier alpha value is -1.14. The molecule has 1 atom stereocenters. The van der Waals surface area contributed by atoms with Crippen LogP contribution in [0.3, 0.4) is 0 Å². The van der Waals surface area contributed by atoms with Crippen LogP contribution in [0.2, 0.25) is 0 Å². The lowest BCUT2D eigenvalue weighted by Gasteiger charge is -2.09. The first-order valence-corrected chi connectivity index (χ1v) is 4.03. The minimum absolute atomic E-state index is 0.343. The number of carbonyl (C=O) groups excluding carboxylic acids is 2. The molecule has 0 bridgehead atoms. The highest BCUT2D eigenvalue weighted by molar-refractivity contribution is 5.80. The normalized spacial score (nSPS) is 12.2. The third-order valence-corrected chi connectivity index (χ3v) is 1.32. The minimum atomic E-state index is -0.649. The van der Waals surface area contributed by atoms with E-state index in [1.54, 1.807) is 0 Å². The third kappa shape index (κ3) is 6.06. The van der Waals surface area contributed by atoms with Crippen molar-refractivity contribution in [3.8, 4) is 0 Å². The molecular weight excluding hydrogens is 174 g/mol. The number of rotatable bonds is 6. The summed E-state index contributed by atoms with van der Waals surface area (Å²) >= 11 is 0. The van der Waals surface area contributed by atoms with Gasteiger partial charge in [0.2, 0.25) is 5.91 Å². The van der Waals surface area contributed by atoms with Crippen molar-refractivity contribution in [3.63, 3.8) is 0 Å². The highest BCUT2D eigenvalue weighted by Gasteiger charge is 2.11. The van der Waals surface area contributed by atoms with Crippen molar-refractivity contribution in [3.05, 3.63) is 0 Å². The SMILES string of the molecule is CCC[C@@H](N)C(=O)NOCC(N)=O. The van der Waals surface area contributed by atoms with Crippen LogP contribution in [-0.4, -0.2) is 24.5 Å². The molecule has 2 amide bonds. The first-order chi connectivity index (χ1) is 6.07. The fourth-order valence-electron chi connectivity index (χ4n) is 0.696.